The molecule has 1 nitrogen and oxygen atoms in total. The van der Waals surface area contributed by atoms with Crippen LogP contribution in [0.25, 0.3) is 11.3 Å². The van der Waals surface area contributed by atoms with Gasteiger partial charge in [0.15, 0.2) is 6.20 Å². The quantitative estimate of drug-likeness (QED) is 0.439. The van der Waals surface area contributed by atoms with Crippen LogP contribution in [-0.4, -0.2) is 8.07 Å². The molecule has 1 fully saturated rings. The van der Waals surface area contributed by atoms with Gasteiger partial charge in [-0.25, -0.2) is 4.57 Å². The highest BCUT2D eigenvalue weighted by Gasteiger charge is 2.28. The predicted molar refractivity (Wildman–Crippen MR) is 121 cm³/mol. The summed E-state index contributed by atoms with van der Waals surface area (Å²) in [5, 5.41) is 1.60. The number of aryl methyl sites for hydroxylation is 2. The van der Waals surface area contributed by atoms with Crippen LogP contribution in [0.4, 0.5) is 0 Å². The molecule has 3 rings (SSSR count). The summed E-state index contributed by atoms with van der Waals surface area (Å²) in [7, 11) is 0.864. The topological polar surface area (TPSA) is 3.88 Å². The number of pyridine rings is 1. The molecule has 1 saturated carbocycles. The fourth-order valence-corrected chi connectivity index (χ4v) is 6.45. The number of rotatable bonds is 4. The van der Waals surface area contributed by atoms with Crippen LogP contribution in [0, 0.1) is 6.92 Å². The summed E-state index contributed by atoms with van der Waals surface area (Å²) < 4.78 is 2.38. The van der Waals surface area contributed by atoms with E-state index in [1.54, 1.807) is 16.3 Å². The largest absolute Gasteiger partial charge is 0.212 e. The summed E-state index contributed by atoms with van der Waals surface area (Å²) >= 11 is 0. The zero-order valence-electron chi connectivity index (χ0n) is 18.5. The average molecular weight is 381 g/mol. The Kier molecular flexibility index (Phi) is 5.95. The third-order valence-corrected chi connectivity index (χ3v) is 8.38. The third-order valence-electron chi connectivity index (χ3n) is 6.35. The van der Waals surface area contributed by atoms with Gasteiger partial charge in [0.25, 0.3) is 0 Å². The van der Waals surface area contributed by atoms with Gasteiger partial charge in [-0.05, 0) is 54.4 Å². The maximum absolute atomic E-state index is 2.50. The highest BCUT2D eigenvalue weighted by Crippen LogP contribution is 2.35. The summed E-state index contributed by atoms with van der Waals surface area (Å²) in [4.78, 5) is 0. The van der Waals surface area contributed by atoms with Gasteiger partial charge in [0.1, 0.15) is 7.05 Å². The van der Waals surface area contributed by atoms with Crippen molar-refractivity contribution >= 4 is 13.3 Å². The second-order valence-corrected chi connectivity index (χ2v) is 15.0. The van der Waals surface area contributed by atoms with Gasteiger partial charge in [0, 0.05) is 16.8 Å². The van der Waals surface area contributed by atoms with E-state index < -0.39 is 8.07 Å². The Morgan fingerprint density at radius 3 is 2.26 bits per heavy atom. The molecule has 1 aliphatic rings. The normalized spacial score (nSPS) is 16.1. The molecule has 0 atom stereocenters. The minimum absolute atomic E-state index is 0.563. The lowest BCUT2D eigenvalue weighted by Gasteiger charge is -2.24. The van der Waals surface area contributed by atoms with E-state index in [9.17, 15) is 0 Å². The number of aromatic nitrogens is 1. The van der Waals surface area contributed by atoms with E-state index in [2.05, 4.69) is 82.5 Å². The lowest BCUT2D eigenvalue weighted by molar-refractivity contribution is -0.659. The van der Waals surface area contributed by atoms with Crippen molar-refractivity contribution in [2.75, 3.05) is 0 Å². The lowest BCUT2D eigenvalue weighted by atomic mass is 9.83. The third kappa shape index (κ3) is 4.37. The van der Waals surface area contributed by atoms with Crippen LogP contribution in [-0.2, 0) is 7.05 Å². The van der Waals surface area contributed by atoms with Crippen LogP contribution in [0.5, 0.6) is 0 Å². The number of hydrogen-bond acceptors (Lipinski definition) is 0. The van der Waals surface area contributed by atoms with Crippen molar-refractivity contribution < 1.29 is 4.57 Å². The van der Waals surface area contributed by atoms with E-state index >= 15 is 0 Å². The molecule has 1 aromatic carbocycles. The van der Waals surface area contributed by atoms with Crippen molar-refractivity contribution in [3.8, 4) is 11.3 Å². The summed E-state index contributed by atoms with van der Waals surface area (Å²) in [6.07, 6.45) is 9.36. The molecule has 1 heterocycles. The minimum atomic E-state index is -1.37. The first-order valence-electron chi connectivity index (χ1n) is 10.8. The van der Waals surface area contributed by atoms with Crippen molar-refractivity contribution in [2.24, 2.45) is 7.05 Å². The molecule has 0 saturated heterocycles. The molecule has 0 radical (unpaired) electrons. The molecule has 0 N–H and O–H groups in total. The van der Waals surface area contributed by atoms with Crippen LogP contribution in [0.3, 0.4) is 0 Å². The van der Waals surface area contributed by atoms with Crippen LogP contribution in [0.1, 0.15) is 74.5 Å². The Morgan fingerprint density at radius 1 is 1.00 bits per heavy atom. The minimum Gasteiger partial charge on any atom is -0.201 e. The van der Waals surface area contributed by atoms with E-state index in [1.165, 1.54) is 48.9 Å². The van der Waals surface area contributed by atoms with Gasteiger partial charge in [-0.1, -0.05) is 64.9 Å². The zero-order valence-corrected chi connectivity index (χ0v) is 19.5. The number of hydrogen-bond donors (Lipinski definition) is 0. The molecule has 1 aromatic heterocycles. The lowest BCUT2D eigenvalue weighted by Crippen LogP contribution is -2.47. The Morgan fingerprint density at radius 2 is 1.67 bits per heavy atom. The first-order chi connectivity index (χ1) is 12.7. The molecule has 146 valence electrons. The molecule has 0 unspecified atom stereocenters. The fraction of sp³-hybridized carbons (Fsp3) is 0.560. The van der Waals surface area contributed by atoms with E-state index in [1.807, 2.05) is 0 Å². The zero-order chi connectivity index (χ0) is 19.8. The van der Waals surface area contributed by atoms with Crippen LogP contribution < -0.4 is 9.75 Å². The maximum Gasteiger partial charge on any atom is 0.212 e. The fourth-order valence-electron chi connectivity index (χ4n) is 4.64. The summed E-state index contributed by atoms with van der Waals surface area (Å²) in [5.41, 5.74) is 7.28. The smallest absolute Gasteiger partial charge is 0.201 e. The van der Waals surface area contributed by atoms with Gasteiger partial charge in [0.2, 0.25) is 5.69 Å². The van der Waals surface area contributed by atoms with E-state index in [0.29, 0.717) is 5.92 Å². The second kappa shape index (κ2) is 7.91. The highest BCUT2D eigenvalue weighted by molar-refractivity contribution is 6.89. The van der Waals surface area contributed by atoms with E-state index in [0.717, 1.165) is 5.92 Å². The Balaban J connectivity index is 2.11. The molecular weight excluding hydrogens is 342 g/mol. The molecule has 0 aliphatic heterocycles. The molecule has 0 spiro atoms. The average Bonchev–Trinajstić information content (AvgIpc) is 2.62. The van der Waals surface area contributed by atoms with Gasteiger partial charge in [-0.2, -0.15) is 0 Å². The molecule has 27 heavy (non-hydrogen) atoms. The molecule has 1 aliphatic carbocycles. The van der Waals surface area contributed by atoms with Crippen molar-refractivity contribution in [3.05, 3.63) is 47.2 Å². The van der Waals surface area contributed by atoms with E-state index in [-0.39, 0.29) is 0 Å². The highest BCUT2D eigenvalue weighted by atomic mass is 28.3. The van der Waals surface area contributed by atoms with Crippen LogP contribution in [0.15, 0.2) is 30.5 Å². The van der Waals surface area contributed by atoms with Gasteiger partial charge in [-0.3, -0.25) is 0 Å². The summed E-state index contributed by atoms with van der Waals surface area (Å²) in [6.45, 7) is 14.3. The van der Waals surface area contributed by atoms with Crippen molar-refractivity contribution in [3.63, 3.8) is 0 Å². The SMILES string of the molecule is Cc1ccc(C2CCCCC2)cc1-c1cc(C(C)C)c([Si](C)(C)C)c[n+]1C. The summed E-state index contributed by atoms with van der Waals surface area (Å²) in [6, 6.07) is 9.72. The molecular formula is C25H38NSi+. The van der Waals surface area contributed by atoms with Crippen molar-refractivity contribution in [1.82, 2.24) is 0 Å². The molecule has 2 heteroatoms. The second-order valence-electron chi connectivity index (χ2n) is 9.95. The van der Waals surface area contributed by atoms with Crippen LogP contribution in [0.2, 0.25) is 19.6 Å². The maximum atomic E-state index is 2.50. The molecule has 0 amide bonds. The Hall–Kier alpha value is -1.41. The van der Waals surface area contributed by atoms with E-state index in [4.69, 9.17) is 0 Å². The summed E-state index contributed by atoms with van der Waals surface area (Å²) in [5.74, 6) is 1.32. The Bertz CT molecular complexity index is 808. The molecule has 2 aromatic rings. The van der Waals surface area contributed by atoms with Gasteiger partial charge < -0.3 is 0 Å². The number of benzene rings is 1. The Labute approximate surface area is 167 Å². The first kappa shape index (κ1) is 20.3. The standard InChI is InChI=1S/C25H38NSi/c1-18(2)22-16-24(26(4)17-25(22)27(5,6)7)23-15-21(14-13-19(23)3)20-11-9-8-10-12-20/h13-18,20H,8-12H2,1-7H3/q+1. The van der Waals surface area contributed by atoms with Crippen molar-refractivity contribution in [1.29, 1.82) is 0 Å². The van der Waals surface area contributed by atoms with Crippen molar-refractivity contribution in [2.45, 2.75) is 84.4 Å². The van der Waals surface area contributed by atoms with Gasteiger partial charge in [0.05, 0.1) is 8.07 Å². The monoisotopic (exact) mass is 380 g/mol. The number of nitrogens with zero attached hydrogens (tertiary/aromatic N) is 1. The van der Waals surface area contributed by atoms with Crippen LogP contribution >= 0.6 is 0 Å². The predicted octanol–water partition coefficient (Wildman–Crippen LogP) is 6.20. The first-order valence-corrected chi connectivity index (χ1v) is 14.3. The van der Waals surface area contributed by atoms with Gasteiger partial charge >= 0.3 is 0 Å². The van der Waals surface area contributed by atoms with Gasteiger partial charge in [-0.15, -0.1) is 0 Å². The molecule has 0 bridgehead atoms.